The average Bonchev–Trinajstić information content (AvgIpc) is 2.49. The Labute approximate surface area is 122 Å². The van der Waals surface area contributed by atoms with E-state index in [0.29, 0.717) is 35.1 Å². The van der Waals surface area contributed by atoms with Crippen LogP contribution in [0.3, 0.4) is 0 Å². The first-order valence-electron chi connectivity index (χ1n) is 6.24. The van der Waals surface area contributed by atoms with Crippen LogP contribution >= 0.6 is 11.6 Å². The normalized spacial score (nSPS) is 10.3. The van der Waals surface area contributed by atoms with Gasteiger partial charge in [0.2, 0.25) is 0 Å². The van der Waals surface area contributed by atoms with Crippen molar-refractivity contribution in [3.8, 4) is 11.5 Å². The second-order valence-electron chi connectivity index (χ2n) is 4.19. The molecule has 0 spiro atoms. The van der Waals surface area contributed by atoms with Gasteiger partial charge in [-0.3, -0.25) is 4.98 Å². The molecule has 5 heteroatoms. The molecule has 0 saturated heterocycles. The van der Waals surface area contributed by atoms with Crippen LogP contribution in [0.4, 0.5) is 0 Å². The molecule has 1 heterocycles. The smallest absolute Gasteiger partial charge is 0.179 e. The van der Waals surface area contributed by atoms with Crippen LogP contribution in [0.1, 0.15) is 11.3 Å². The minimum absolute atomic E-state index is 0.0930. The van der Waals surface area contributed by atoms with Crippen molar-refractivity contribution >= 4 is 11.6 Å². The van der Waals surface area contributed by atoms with E-state index in [2.05, 4.69) is 4.98 Å². The van der Waals surface area contributed by atoms with Gasteiger partial charge in [-0.2, -0.15) is 0 Å². The van der Waals surface area contributed by atoms with Crippen molar-refractivity contribution in [2.24, 2.45) is 0 Å². The van der Waals surface area contributed by atoms with Gasteiger partial charge < -0.3 is 14.6 Å². The number of aliphatic hydroxyl groups is 1. The summed E-state index contributed by atoms with van der Waals surface area (Å²) >= 11 is 6.14. The second-order valence-corrected chi connectivity index (χ2v) is 4.59. The van der Waals surface area contributed by atoms with Crippen LogP contribution < -0.4 is 9.47 Å². The summed E-state index contributed by atoms with van der Waals surface area (Å²) in [7, 11) is 1.54. The second kappa shape index (κ2) is 7.12. The van der Waals surface area contributed by atoms with Crippen LogP contribution in [0.5, 0.6) is 11.5 Å². The zero-order valence-corrected chi connectivity index (χ0v) is 11.9. The summed E-state index contributed by atoms with van der Waals surface area (Å²) in [4.78, 5) is 4.23. The number of ether oxygens (including phenoxy) is 2. The highest BCUT2D eigenvalue weighted by molar-refractivity contribution is 6.32. The number of halogens is 1. The van der Waals surface area contributed by atoms with Gasteiger partial charge in [-0.15, -0.1) is 0 Å². The third kappa shape index (κ3) is 3.62. The van der Waals surface area contributed by atoms with E-state index < -0.39 is 0 Å². The standard InChI is InChI=1S/C15H16ClNO3/c1-19-14-9-11(10-18)8-13(16)15(14)20-7-5-12-4-2-3-6-17-12/h2-4,6,8-9,18H,5,7,10H2,1H3. The molecule has 0 radical (unpaired) electrons. The minimum Gasteiger partial charge on any atom is -0.493 e. The van der Waals surface area contributed by atoms with Crippen molar-refractivity contribution in [3.05, 3.63) is 52.8 Å². The summed E-state index contributed by atoms with van der Waals surface area (Å²) in [6.07, 6.45) is 2.43. The van der Waals surface area contributed by atoms with Gasteiger partial charge in [-0.25, -0.2) is 0 Å². The Morgan fingerprint density at radius 3 is 2.80 bits per heavy atom. The molecule has 0 amide bonds. The molecular weight excluding hydrogens is 278 g/mol. The Kier molecular flexibility index (Phi) is 5.21. The van der Waals surface area contributed by atoms with E-state index >= 15 is 0 Å². The lowest BCUT2D eigenvalue weighted by molar-refractivity contribution is 0.277. The number of hydrogen-bond donors (Lipinski definition) is 1. The first kappa shape index (κ1) is 14.6. The van der Waals surface area contributed by atoms with Gasteiger partial charge in [0, 0.05) is 18.3 Å². The molecule has 0 aliphatic rings. The van der Waals surface area contributed by atoms with Crippen molar-refractivity contribution in [2.45, 2.75) is 13.0 Å². The zero-order chi connectivity index (χ0) is 14.4. The van der Waals surface area contributed by atoms with Gasteiger partial charge in [0.1, 0.15) is 0 Å². The van der Waals surface area contributed by atoms with Gasteiger partial charge in [0.05, 0.1) is 25.3 Å². The summed E-state index contributed by atoms with van der Waals surface area (Å²) < 4.78 is 10.9. The SMILES string of the molecule is COc1cc(CO)cc(Cl)c1OCCc1ccccn1. The summed E-state index contributed by atoms with van der Waals surface area (Å²) in [5, 5.41) is 9.56. The Hall–Kier alpha value is -1.78. The highest BCUT2D eigenvalue weighted by Crippen LogP contribution is 2.36. The molecule has 0 saturated carbocycles. The molecular formula is C15H16ClNO3. The van der Waals surface area contributed by atoms with Crippen LogP contribution in [-0.2, 0) is 13.0 Å². The minimum atomic E-state index is -0.0930. The molecule has 106 valence electrons. The van der Waals surface area contributed by atoms with Gasteiger partial charge in [0.15, 0.2) is 11.5 Å². The number of methoxy groups -OCH3 is 1. The molecule has 4 nitrogen and oxygen atoms in total. The number of nitrogens with zero attached hydrogens (tertiary/aromatic N) is 1. The average molecular weight is 294 g/mol. The summed E-state index contributed by atoms with van der Waals surface area (Å²) in [6, 6.07) is 9.13. The Morgan fingerprint density at radius 2 is 2.15 bits per heavy atom. The van der Waals surface area contributed by atoms with E-state index in [4.69, 9.17) is 26.2 Å². The maximum absolute atomic E-state index is 9.13. The topological polar surface area (TPSA) is 51.6 Å². The molecule has 1 aromatic carbocycles. The predicted octanol–water partition coefficient (Wildman–Crippen LogP) is 2.86. The largest absolute Gasteiger partial charge is 0.493 e. The van der Waals surface area contributed by atoms with Crippen molar-refractivity contribution in [1.29, 1.82) is 0 Å². The lowest BCUT2D eigenvalue weighted by Crippen LogP contribution is -2.04. The summed E-state index contributed by atoms with van der Waals surface area (Å²) in [6.45, 7) is 0.357. The number of hydrogen-bond acceptors (Lipinski definition) is 4. The first-order valence-corrected chi connectivity index (χ1v) is 6.62. The molecule has 0 aliphatic heterocycles. The molecule has 0 fully saturated rings. The van der Waals surface area contributed by atoms with Crippen LogP contribution in [0.2, 0.25) is 5.02 Å². The van der Waals surface area contributed by atoms with E-state index in [1.807, 2.05) is 18.2 Å². The maximum Gasteiger partial charge on any atom is 0.179 e. The van der Waals surface area contributed by atoms with Crippen molar-refractivity contribution in [2.75, 3.05) is 13.7 Å². The van der Waals surface area contributed by atoms with E-state index in [9.17, 15) is 0 Å². The predicted molar refractivity (Wildman–Crippen MR) is 77.4 cm³/mol. The summed E-state index contributed by atoms with van der Waals surface area (Å²) in [5.41, 5.74) is 1.64. The van der Waals surface area contributed by atoms with Crippen molar-refractivity contribution in [3.63, 3.8) is 0 Å². The molecule has 2 aromatic rings. The summed E-state index contributed by atoms with van der Waals surface area (Å²) in [5.74, 6) is 1.00. The van der Waals surface area contributed by atoms with E-state index in [1.165, 1.54) is 0 Å². The van der Waals surface area contributed by atoms with Crippen molar-refractivity contribution in [1.82, 2.24) is 4.98 Å². The molecule has 0 bridgehead atoms. The fourth-order valence-corrected chi connectivity index (χ4v) is 2.10. The first-order chi connectivity index (χ1) is 9.74. The van der Waals surface area contributed by atoms with E-state index in [1.54, 1.807) is 25.4 Å². The maximum atomic E-state index is 9.13. The number of aromatic nitrogens is 1. The molecule has 1 N–H and O–H groups in total. The number of pyridine rings is 1. The lowest BCUT2D eigenvalue weighted by Gasteiger charge is -2.13. The zero-order valence-electron chi connectivity index (χ0n) is 11.2. The van der Waals surface area contributed by atoms with Crippen LogP contribution in [0.25, 0.3) is 0 Å². The Morgan fingerprint density at radius 1 is 1.30 bits per heavy atom. The fourth-order valence-electron chi connectivity index (χ4n) is 1.81. The molecule has 0 unspecified atom stereocenters. The molecule has 20 heavy (non-hydrogen) atoms. The van der Waals surface area contributed by atoms with Crippen molar-refractivity contribution < 1.29 is 14.6 Å². The Balaban J connectivity index is 2.05. The molecule has 0 atom stereocenters. The number of rotatable bonds is 6. The third-order valence-corrected chi connectivity index (χ3v) is 3.08. The van der Waals surface area contributed by atoms with Gasteiger partial charge in [-0.05, 0) is 29.8 Å². The quantitative estimate of drug-likeness (QED) is 0.890. The monoisotopic (exact) mass is 293 g/mol. The molecule has 2 rings (SSSR count). The lowest BCUT2D eigenvalue weighted by atomic mass is 10.2. The highest BCUT2D eigenvalue weighted by atomic mass is 35.5. The number of benzene rings is 1. The fraction of sp³-hybridized carbons (Fsp3) is 0.267. The van der Waals surface area contributed by atoms with Gasteiger partial charge in [0.25, 0.3) is 0 Å². The van der Waals surface area contributed by atoms with Gasteiger partial charge in [-0.1, -0.05) is 17.7 Å². The Bertz CT molecular complexity index is 561. The highest BCUT2D eigenvalue weighted by Gasteiger charge is 2.11. The van der Waals surface area contributed by atoms with E-state index in [0.717, 1.165) is 5.69 Å². The number of aliphatic hydroxyl groups excluding tert-OH is 1. The van der Waals surface area contributed by atoms with Gasteiger partial charge >= 0.3 is 0 Å². The van der Waals surface area contributed by atoms with Crippen LogP contribution in [-0.4, -0.2) is 23.8 Å². The third-order valence-electron chi connectivity index (χ3n) is 2.80. The van der Waals surface area contributed by atoms with E-state index in [-0.39, 0.29) is 6.61 Å². The van der Waals surface area contributed by atoms with Crippen LogP contribution in [0, 0.1) is 0 Å². The molecule has 1 aromatic heterocycles. The molecule has 0 aliphatic carbocycles. The van der Waals surface area contributed by atoms with Crippen LogP contribution in [0.15, 0.2) is 36.5 Å².